The molecule has 10 heteroatoms. The molecule has 1 atom stereocenters. The van der Waals surface area contributed by atoms with E-state index in [-0.39, 0.29) is 11.1 Å². The van der Waals surface area contributed by atoms with E-state index in [4.69, 9.17) is 18.6 Å². The van der Waals surface area contributed by atoms with Crippen molar-refractivity contribution < 1.29 is 23.4 Å². The number of hydrogen-bond acceptors (Lipinski definition) is 8. The molecule has 0 spiro atoms. The Bertz CT molecular complexity index is 1400. The first-order chi connectivity index (χ1) is 16.0. The first kappa shape index (κ1) is 23.3. The average Bonchev–Trinajstić information content (AvgIpc) is 3.36. The minimum atomic E-state index is -0.734. The van der Waals surface area contributed by atoms with Crippen LogP contribution in [0.4, 0.5) is 0 Å². The van der Waals surface area contributed by atoms with E-state index in [0.717, 1.165) is 3.77 Å². The van der Waals surface area contributed by atoms with Crippen LogP contribution in [0.15, 0.2) is 56.3 Å². The van der Waals surface area contributed by atoms with Crippen LogP contribution in [0, 0.1) is 3.77 Å². The highest BCUT2D eigenvalue weighted by Crippen LogP contribution is 2.35. The van der Waals surface area contributed by atoms with E-state index in [9.17, 15) is 9.59 Å². The number of furan rings is 1. The number of carbonyl (C=O) groups excluding carboxylic acids is 1. The summed E-state index contributed by atoms with van der Waals surface area (Å²) in [4.78, 5) is 30.9. The van der Waals surface area contributed by atoms with Gasteiger partial charge in [0, 0.05) is 12.3 Å². The van der Waals surface area contributed by atoms with Crippen molar-refractivity contribution in [2.24, 2.45) is 4.99 Å². The van der Waals surface area contributed by atoms with Crippen LogP contribution in [0.25, 0.3) is 6.08 Å². The first-order valence-corrected chi connectivity index (χ1v) is 12.1. The predicted molar refractivity (Wildman–Crippen MR) is 131 cm³/mol. The summed E-state index contributed by atoms with van der Waals surface area (Å²) in [6.45, 7) is 4.68. The highest BCUT2D eigenvalue weighted by Gasteiger charge is 2.31. The Labute approximate surface area is 206 Å². The molecule has 172 valence electrons. The summed E-state index contributed by atoms with van der Waals surface area (Å²) in [7, 11) is 1.30. The van der Waals surface area contributed by atoms with Gasteiger partial charge >= 0.3 is 5.97 Å². The maximum atomic E-state index is 13.4. The van der Waals surface area contributed by atoms with Crippen molar-refractivity contribution in [2.45, 2.75) is 19.9 Å². The number of methoxy groups -OCH3 is 1. The van der Waals surface area contributed by atoms with Crippen molar-refractivity contribution in [2.75, 3.05) is 20.3 Å². The topological polar surface area (TPSA) is 92.3 Å². The Hall–Kier alpha value is -2.86. The van der Waals surface area contributed by atoms with E-state index in [1.165, 1.54) is 29.2 Å². The molecule has 1 aliphatic heterocycles. The fourth-order valence-corrected chi connectivity index (χ4v) is 4.91. The number of halogens is 1. The van der Waals surface area contributed by atoms with Crippen LogP contribution in [-0.4, -0.2) is 30.9 Å². The number of fused-ring (bicyclic) bond motifs is 1. The van der Waals surface area contributed by atoms with Gasteiger partial charge in [-0.2, -0.15) is 0 Å². The van der Waals surface area contributed by atoms with Crippen LogP contribution in [0.2, 0.25) is 0 Å². The zero-order valence-electron chi connectivity index (χ0n) is 18.2. The molecule has 0 saturated carbocycles. The van der Waals surface area contributed by atoms with Gasteiger partial charge in [-0.15, -0.1) is 0 Å². The lowest BCUT2D eigenvalue weighted by atomic mass is 9.97. The Kier molecular flexibility index (Phi) is 7.03. The standard InChI is InChI=1S/C23H21IN2O6S/c1-4-30-16-8-6-13(10-17(16)31-5-2)20-15(22(28)29-3)12-25-23-26(20)21(27)18(33-23)11-14-7-9-19(24)32-14/h6-12,20H,4-5H2,1-3H3/b18-11-/t20-/m0/s1. The number of carbonyl (C=O) groups is 1. The van der Waals surface area contributed by atoms with Gasteiger partial charge in [-0.25, -0.2) is 9.79 Å². The zero-order valence-corrected chi connectivity index (χ0v) is 21.1. The van der Waals surface area contributed by atoms with E-state index in [1.807, 2.05) is 26.0 Å². The van der Waals surface area contributed by atoms with Crippen molar-refractivity contribution in [1.82, 2.24) is 4.57 Å². The minimum absolute atomic E-state index is 0.246. The lowest BCUT2D eigenvalue weighted by molar-refractivity contribution is -0.136. The molecule has 0 saturated heterocycles. The number of rotatable bonds is 7. The molecular formula is C23H21IN2O6S. The molecule has 1 aliphatic rings. The number of hydrogen-bond donors (Lipinski definition) is 0. The molecule has 0 radical (unpaired) electrons. The number of esters is 1. The molecular weight excluding hydrogens is 559 g/mol. The van der Waals surface area contributed by atoms with Gasteiger partial charge in [0.2, 0.25) is 0 Å². The molecule has 3 heterocycles. The summed E-state index contributed by atoms with van der Waals surface area (Å²) in [6, 6.07) is 8.25. The lowest BCUT2D eigenvalue weighted by Crippen LogP contribution is -2.39. The van der Waals surface area contributed by atoms with Crippen molar-refractivity contribution >= 4 is 46.0 Å². The van der Waals surface area contributed by atoms with Crippen LogP contribution < -0.4 is 24.4 Å². The van der Waals surface area contributed by atoms with Gasteiger partial charge in [0.15, 0.2) is 20.1 Å². The zero-order chi connectivity index (χ0) is 23.5. The largest absolute Gasteiger partial charge is 0.490 e. The number of nitrogens with zero attached hydrogens (tertiary/aromatic N) is 2. The van der Waals surface area contributed by atoms with Gasteiger partial charge < -0.3 is 18.6 Å². The first-order valence-electron chi connectivity index (χ1n) is 10.2. The summed E-state index contributed by atoms with van der Waals surface area (Å²) in [5.41, 5.74) is 0.640. The van der Waals surface area contributed by atoms with Gasteiger partial charge in [0.05, 0.1) is 36.5 Å². The maximum Gasteiger partial charge on any atom is 0.337 e. The van der Waals surface area contributed by atoms with Crippen LogP contribution in [0.5, 0.6) is 11.5 Å². The second kappa shape index (κ2) is 9.96. The van der Waals surface area contributed by atoms with E-state index >= 15 is 0 Å². The van der Waals surface area contributed by atoms with Gasteiger partial charge in [-0.1, -0.05) is 17.4 Å². The molecule has 0 unspecified atom stereocenters. The minimum Gasteiger partial charge on any atom is -0.490 e. The molecule has 0 aliphatic carbocycles. The summed E-state index contributed by atoms with van der Waals surface area (Å²) in [5, 5.41) is 0. The van der Waals surface area contributed by atoms with Gasteiger partial charge in [-0.05, 0) is 66.3 Å². The third-order valence-electron chi connectivity index (χ3n) is 4.88. The van der Waals surface area contributed by atoms with E-state index in [0.29, 0.717) is 45.4 Å². The molecule has 8 nitrogen and oxygen atoms in total. The molecule has 0 fully saturated rings. The fourth-order valence-electron chi connectivity index (χ4n) is 3.52. The smallest absolute Gasteiger partial charge is 0.337 e. The van der Waals surface area contributed by atoms with Gasteiger partial charge in [-0.3, -0.25) is 9.36 Å². The van der Waals surface area contributed by atoms with Crippen molar-refractivity contribution in [3.05, 3.63) is 76.9 Å². The number of thiazole rings is 1. The second-order valence-corrected chi connectivity index (χ2v) is 8.96. The molecule has 0 amide bonds. The fraction of sp³-hybridized carbons (Fsp3) is 0.261. The van der Waals surface area contributed by atoms with Gasteiger partial charge in [0.25, 0.3) is 5.56 Å². The van der Waals surface area contributed by atoms with E-state index in [2.05, 4.69) is 27.6 Å². The molecule has 1 aromatic carbocycles. The van der Waals surface area contributed by atoms with Crippen molar-refractivity contribution in [3.8, 4) is 11.5 Å². The quantitative estimate of drug-likeness (QED) is 0.315. The van der Waals surface area contributed by atoms with Crippen LogP contribution in [0.3, 0.4) is 0 Å². The molecule has 33 heavy (non-hydrogen) atoms. The van der Waals surface area contributed by atoms with Crippen LogP contribution in [0.1, 0.15) is 31.2 Å². The SMILES string of the molecule is CCOc1ccc([C@H]2C(C(=O)OC)=CN=c3s/c(=C\c4ccc(I)o4)c(=O)n32)cc1OCC. The van der Waals surface area contributed by atoms with Crippen molar-refractivity contribution in [1.29, 1.82) is 0 Å². The third kappa shape index (κ3) is 4.62. The second-order valence-electron chi connectivity index (χ2n) is 6.89. The third-order valence-corrected chi connectivity index (χ3v) is 6.45. The normalized spacial score (nSPS) is 15.5. The van der Waals surface area contributed by atoms with Crippen molar-refractivity contribution in [3.63, 3.8) is 0 Å². The Morgan fingerprint density at radius 3 is 2.64 bits per heavy atom. The summed E-state index contributed by atoms with van der Waals surface area (Å²) < 4.78 is 24.7. The Balaban J connectivity index is 1.90. The highest BCUT2D eigenvalue weighted by molar-refractivity contribution is 14.1. The van der Waals surface area contributed by atoms with E-state index < -0.39 is 12.0 Å². The Morgan fingerprint density at radius 1 is 1.21 bits per heavy atom. The number of benzene rings is 1. The number of ether oxygens (including phenoxy) is 3. The lowest BCUT2D eigenvalue weighted by Gasteiger charge is -2.23. The van der Waals surface area contributed by atoms with E-state index in [1.54, 1.807) is 24.3 Å². The van der Waals surface area contributed by atoms with Crippen LogP contribution in [-0.2, 0) is 9.53 Å². The highest BCUT2D eigenvalue weighted by atomic mass is 127. The molecule has 0 N–H and O–H groups in total. The Morgan fingerprint density at radius 2 is 1.97 bits per heavy atom. The molecule has 2 aromatic heterocycles. The van der Waals surface area contributed by atoms with Crippen LogP contribution >= 0.6 is 33.9 Å². The maximum absolute atomic E-state index is 13.4. The molecule has 0 bridgehead atoms. The number of aromatic nitrogens is 1. The summed E-state index contributed by atoms with van der Waals surface area (Å²) in [6.07, 6.45) is 3.13. The average molecular weight is 580 g/mol. The predicted octanol–water partition coefficient (Wildman–Crippen LogP) is 3.01. The molecule has 3 aromatic rings. The summed E-state index contributed by atoms with van der Waals surface area (Å²) >= 11 is 3.29. The monoisotopic (exact) mass is 580 g/mol. The summed E-state index contributed by atoms with van der Waals surface area (Å²) in [5.74, 6) is 1.12. The van der Waals surface area contributed by atoms with Gasteiger partial charge in [0.1, 0.15) is 5.76 Å². The molecule has 4 rings (SSSR count).